The van der Waals surface area contributed by atoms with Crippen molar-refractivity contribution >= 4 is 0 Å². The molecule has 1 saturated heterocycles. The fourth-order valence-electron chi connectivity index (χ4n) is 2.44. The molecule has 0 aromatic rings. The van der Waals surface area contributed by atoms with Gasteiger partial charge in [0.25, 0.3) is 0 Å². The van der Waals surface area contributed by atoms with Crippen molar-refractivity contribution < 1.29 is 0 Å². The van der Waals surface area contributed by atoms with Gasteiger partial charge < -0.3 is 28.7 Å². The van der Waals surface area contributed by atoms with E-state index in [1.54, 1.807) is 18.2 Å². The first-order valence-electron chi connectivity index (χ1n) is 5.44. The number of hydrogen-bond donors (Lipinski definition) is 8. The standard InChI is InChI=1S/C9H21N9/c10-6-4-2-1-3-5(6)18(17)9(15,16)8(13,14)7(6,11)12/h1-3H,4,10-17H2. The molecule has 18 heavy (non-hydrogen) atoms. The summed E-state index contributed by atoms with van der Waals surface area (Å²) in [5.41, 5.74) is 37.6. The Hall–Kier alpha value is -1.04. The summed E-state index contributed by atoms with van der Waals surface area (Å²) in [6.07, 6.45) is 5.52. The Morgan fingerprint density at radius 3 is 2.06 bits per heavy atom. The molecule has 0 radical (unpaired) electrons. The molecule has 9 nitrogen and oxygen atoms in total. The predicted octanol–water partition coefficient (Wildman–Crippen LogP) is -4.48. The lowest BCUT2D eigenvalue weighted by Gasteiger charge is -2.65. The highest BCUT2D eigenvalue weighted by Crippen LogP contribution is 2.42. The first kappa shape index (κ1) is 13.4. The third kappa shape index (κ3) is 1.17. The molecule has 16 N–H and O–H groups in total. The average molecular weight is 255 g/mol. The van der Waals surface area contributed by atoms with Gasteiger partial charge >= 0.3 is 0 Å². The van der Waals surface area contributed by atoms with Gasteiger partial charge in [0.2, 0.25) is 0 Å². The smallest absolute Gasteiger partial charge is 0.190 e. The van der Waals surface area contributed by atoms with Crippen molar-refractivity contribution in [1.82, 2.24) is 5.01 Å². The number of rotatable bonds is 0. The molecular formula is C9H21N9. The number of nitrogens with zero attached hydrogens (tertiary/aromatic N) is 1. The first-order chi connectivity index (χ1) is 8.00. The lowest BCUT2D eigenvalue weighted by molar-refractivity contribution is -0.0723. The molecule has 0 amide bonds. The van der Waals surface area contributed by atoms with Gasteiger partial charge in [0.05, 0.1) is 11.2 Å². The molecule has 2 rings (SSSR count). The molecule has 9 heteroatoms. The predicted molar refractivity (Wildman–Crippen MR) is 68.1 cm³/mol. The molecule has 0 spiro atoms. The molecule has 0 saturated carbocycles. The van der Waals surface area contributed by atoms with Gasteiger partial charge in [-0.1, -0.05) is 12.2 Å². The molecule has 0 aromatic carbocycles. The second kappa shape index (κ2) is 3.29. The van der Waals surface area contributed by atoms with Crippen LogP contribution in [0.2, 0.25) is 0 Å². The minimum Gasteiger partial charge on any atom is -0.317 e. The molecule has 1 heterocycles. The summed E-state index contributed by atoms with van der Waals surface area (Å²) in [5, 5.41) is 1.04. The summed E-state index contributed by atoms with van der Waals surface area (Å²) in [5.74, 6) is 4.04. The van der Waals surface area contributed by atoms with Crippen LogP contribution in [0.1, 0.15) is 6.42 Å². The maximum atomic E-state index is 6.27. The second-order valence-electron chi connectivity index (χ2n) is 5.09. The maximum Gasteiger partial charge on any atom is 0.190 e. The summed E-state index contributed by atoms with van der Waals surface area (Å²) in [7, 11) is 0. The maximum absolute atomic E-state index is 6.27. The summed E-state index contributed by atoms with van der Waals surface area (Å²) in [6.45, 7) is 0. The summed E-state index contributed by atoms with van der Waals surface area (Å²) < 4.78 is 0. The van der Waals surface area contributed by atoms with Crippen LogP contribution in [-0.4, -0.2) is 27.7 Å². The van der Waals surface area contributed by atoms with Crippen LogP contribution in [0, 0.1) is 0 Å². The molecule has 1 aliphatic heterocycles. The van der Waals surface area contributed by atoms with Gasteiger partial charge in [-0.3, -0.25) is 16.5 Å². The highest BCUT2D eigenvalue weighted by Gasteiger charge is 2.69. The molecule has 2 aliphatic rings. The van der Waals surface area contributed by atoms with Crippen LogP contribution < -0.4 is 46.0 Å². The van der Waals surface area contributed by atoms with E-state index in [4.69, 9.17) is 46.0 Å². The number of fused-ring (bicyclic) bond motifs is 1. The van der Waals surface area contributed by atoms with Gasteiger partial charge in [-0.15, -0.1) is 0 Å². The van der Waals surface area contributed by atoms with Crippen molar-refractivity contribution in [2.24, 2.45) is 46.0 Å². The summed E-state index contributed by atoms with van der Waals surface area (Å²) >= 11 is 0. The van der Waals surface area contributed by atoms with Gasteiger partial charge in [-0.05, 0) is 12.5 Å². The minimum atomic E-state index is -1.90. The zero-order valence-corrected chi connectivity index (χ0v) is 10.0. The van der Waals surface area contributed by atoms with E-state index in [1.165, 1.54) is 0 Å². The zero-order valence-electron chi connectivity index (χ0n) is 10.0. The Bertz CT molecular complexity index is 435. The second-order valence-corrected chi connectivity index (χ2v) is 5.09. The SMILES string of the molecule is NN1C2=CC=CCC2(N)C(N)(N)C(N)(N)C1(N)N. The van der Waals surface area contributed by atoms with Crippen molar-refractivity contribution in [2.75, 3.05) is 0 Å². The highest BCUT2D eigenvalue weighted by atomic mass is 15.6. The van der Waals surface area contributed by atoms with Crippen LogP contribution >= 0.6 is 0 Å². The van der Waals surface area contributed by atoms with Crippen LogP contribution in [0.25, 0.3) is 0 Å². The molecular weight excluding hydrogens is 234 g/mol. The molecule has 1 aliphatic carbocycles. The van der Waals surface area contributed by atoms with E-state index in [0.717, 1.165) is 5.01 Å². The Labute approximate surface area is 105 Å². The third-order valence-electron chi connectivity index (χ3n) is 4.03. The Morgan fingerprint density at radius 2 is 1.50 bits per heavy atom. The van der Waals surface area contributed by atoms with Crippen LogP contribution in [0.15, 0.2) is 23.9 Å². The lowest BCUT2D eigenvalue weighted by Crippen LogP contribution is -3.02. The van der Waals surface area contributed by atoms with E-state index >= 15 is 0 Å². The average Bonchev–Trinajstić information content (AvgIpc) is 2.26. The van der Waals surface area contributed by atoms with Crippen molar-refractivity contribution in [3.63, 3.8) is 0 Å². The topological polar surface area (TPSA) is 211 Å². The van der Waals surface area contributed by atoms with E-state index in [-0.39, 0.29) is 0 Å². The van der Waals surface area contributed by atoms with Gasteiger partial charge in [0.15, 0.2) is 11.4 Å². The first-order valence-corrected chi connectivity index (χ1v) is 5.44. The molecule has 0 bridgehead atoms. The van der Waals surface area contributed by atoms with E-state index in [2.05, 4.69) is 0 Å². The fraction of sp³-hybridized carbons (Fsp3) is 0.556. The zero-order chi connectivity index (χ0) is 14.0. The van der Waals surface area contributed by atoms with E-state index in [9.17, 15) is 0 Å². The number of nitrogens with two attached hydrogens (primary N) is 8. The Morgan fingerprint density at radius 1 is 0.944 bits per heavy atom. The van der Waals surface area contributed by atoms with Gasteiger partial charge in [0, 0.05) is 0 Å². The van der Waals surface area contributed by atoms with E-state index in [0.29, 0.717) is 12.1 Å². The van der Waals surface area contributed by atoms with Crippen molar-refractivity contribution in [2.45, 2.75) is 29.1 Å². The van der Waals surface area contributed by atoms with Crippen LogP contribution in [0.4, 0.5) is 0 Å². The third-order valence-corrected chi connectivity index (χ3v) is 4.03. The van der Waals surface area contributed by atoms with Crippen molar-refractivity contribution in [3.05, 3.63) is 23.9 Å². The van der Waals surface area contributed by atoms with Crippen LogP contribution in [-0.2, 0) is 0 Å². The summed E-state index contributed by atoms with van der Waals surface area (Å²) in [6, 6.07) is 0. The normalized spacial score (nSPS) is 36.0. The number of hydrogen-bond acceptors (Lipinski definition) is 9. The molecule has 0 aromatic heterocycles. The van der Waals surface area contributed by atoms with E-state index in [1.807, 2.05) is 0 Å². The lowest BCUT2D eigenvalue weighted by atomic mass is 9.65. The van der Waals surface area contributed by atoms with Crippen LogP contribution in [0.3, 0.4) is 0 Å². The Balaban J connectivity index is 2.70. The van der Waals surface area contributed by atoms with Crippen molar-refractivity contribution in [3.8, 4) is 0 Å². The fourth-order valence-corrected chi connectivity index (χ4v) is 2.44. The molecule has 1 fully saturated rings. The van der Waals surface area contributed by atoms with Crippen molar-refractivity contribution in [1.29, 1.82) is 0 Å². The van der Waals surface area contributed by atoms with Crippen LogP contribution in [0.5, 0.6) is 0 Å². The number of hydrazine groups is 1. The largest absolute Gasteiger partial charge is 0.317 e. The number of piperidine rings is 1. The van der Waals surface area contributed by atoms with Gasteiger partial charge in [-0.25, -0.2) is 5.84 Å². The quantitative estimate of drug-likeness (QED) is 0.154. The van der Waals surface area contributed by atoms with Gasteiger partial charge in [-0.2, -0.15) is 0 Å². The minimum absolute atomic E-state index is 0.325. The molecule has 102 valence electrons. The summed E-state index contributed by atoms with van der Waals surface area (Å²) in [4.78, 5) is 0. The highest BCUT2D eigenvalue weighted by molar-refractivity contribution is 5.42. The molecule has 1 atom stereocenters. The monoisotopic (exact) mass is 255 g/mol. The Kier molecular flexibility index (Phi) is 2.45. The van der Waals surface area contributed by atoms with Gasteiger partial charge in [0.1, 0.15) is 5.66 Å². The number of allylic oxidation sites excluding steroid dienone is 2. The molecule has 1 unspecified atom stereocenters. The van der Waals surface area contributed by atoms with E-state index < -0.39 is 22.7 Å².